The van der Waals surface area contributed by atoms with Gasteiger partial charge in [0.05, 0.1) is 5.92 Å². The zero-order chi connectivity index (χ0) is 17.3. The summed E-state index contributed by atoms with van der Waals surface area (Å²) in [4.78, 5) is 28.7. The highest BCUT2D eigenvalue weighted by atomic mass is 32.1. The molecule has 24 heavy (non-hydrogen) atoms. The quantitative estimate of drug-likeness (QED) is 0.696. The molecule has 2 atom stereocenters. The summed E-state index contributed by atoms with van der Waals surface area (Å²) < 4.78 is 5.78. The third-order valence-corrected chi connectivity index (χ3v) is 4.57. The number of aromatic nitrogens is 1. The molecule has 3 aromatic rings. The van der Waals surface area contributed by atoms with E-state index in [0.29, 0.717) is 16.7 Å². The van der Waals surface area contributed by atoms with Gasteiger partial charge in [0.25, 0.3) is 0 Å². The summed E-state index contributed by atoms with van der Waals surface area (Å²) in [6.45, 7) is 1.46. The molecule has 2 unspecified atom stereocenters. The first-order valence-electron chi connectivity index (χ1n) is 7.35. The molecule has 0 aliphatic heterocycles. The van der Waals surface area contributed by atoms with E-state index >= 15 is 0 Å². The average molecular weight is 341 g/mol. The molecule has 1 N–H and O–H groups in total. The van der Waals surface area contributed by atoms with Gasteiger partial charge in [0.1, 0.15) is 5.52 Å². The van der Waals surface area contributed by atoms with Gasteiger partial charge in [0.2, 0.25) is 11.0 Å². The zero-order valence-electron chi connectivity index (χ0n) is 12.8. The van der Waals surface area contributed by atoms with Gasteiger partial charge >= 0.3 is 5.97 Å². The number of carbonyl (C=O) groups is 2. The van der Waals surface area contributed by atoms with E-state index in [1.165, 1.54) is 6.92 Å². The van der Waals surface area contributed by atoms with Crippen LogP contribution in [0.5, 0.6) is 0 Å². The van der Waals surface area contributed by atoms with Gasteiger partial charge < -0.3 is 9.52 Å². The lowest BCUT2D eigenvalue weighted by atomic mass is 9.71. The Kier molecular flexibility index (Phi) is 4.15. The number of benzene rings is 2. The van der Waals surface area contributed by atoms with E-state index in [4.69, 9.17) is 4.42 Å². The summed E-state index contributed by atoms with van der Waals surface area (Å²) in [6, 6.07) is 15.7. The number of carbonyl (C=O) groups excluding carboxylic acids is 1. The number of fused-ring (bicyclic) bond motifs is 1. The fourth-order valence-corrected chi connectivity index (χ4v) is 3.30. The Labute approximate surface area is 143 Å². The predicted octanol–water partition coefficient (Wildman–Crippen LogP) is 3.29. The van der Waals surface area contributed by atoms with E-state index in [1.807, 2.05) is 0 Å². The Morgan fingerprint density at radius 3 is 2.33 bits per heavy atom. The first-order valence-corrected chi connectivity index (χ1v) is 7.80. The molecule has 5 nitrogen and oxygen atoms in total. The van der Waals surface area contributed by atoms with E-state index in [-0.39, 0.29) is 5.89 Å². The second-order valence-corrected chi connectivity index (χ2v) is 5.93. The number of rotatable bonds is 5. The Bertz CT molecular complexity index is 873. The lowest BCUT2D eigenvalue weighted by Gasteiger charge is -2.31. The van der Waals surface area contributed by atoms with Crippen LogP contribution in [0.4, 0.5) is 0 Å². The second-order valence-electron chi connectivity index (χ2n) is 5.53. The summed E-state index contributed by atoms with van der Waals surface area (Å²) in [6.07, 6.45) is 0. The van der Waals surface area contributed by atoms with Crippen molar-refractivity contribution in [1.29, 1.82) is 0 Å². The highest BCUT2D eigenvalue weighted by Crippen LogP contribution is 2.42. The van der Waals surface area contributed by atoms with Crippen LogP contribution in [0.2, 0.25) is 0 Å². The normalized spacial score (nSPS) is 14.9. The van der Waals surface area contributed by atoms with Crippen molar-refractivity contribution in [3.63, 3.8) is 0 Å². The van der Waals surface area contributed by atoms with Crippen molar-refractivity contribution in [2.45, 2.75) is 12.3 Å². The largest absolute Gasteiger partial charge is 0.481 e. The summed E-state index contributed by atoms with van der Waals surface area (Å²) in [5, 5.41) is 8.98. The third-order valence-electron chi connectivity index (χ3n) is 4.22. The summed E-state index contributed by atoms with van der Waals surface area (Å²) in [5.41, 5.74) is -0.0960. The number of aliphatic carboxylic acids is 1. The van der Waals surface area contributed by atoms with Gasteiger partial charge in [-0.3, -0.25) is 9.59 Å². The van der Waals surface area contributed by atoms with Gasteiger partial charge in [-0.25, -0.2) is 4.98 Å². The van der Waals surface area contributed by atoms with Crippen LogP contribution in [-0.2, 0) is 15.0 Å². The molecule has 0 saturated heterocycles. The van der Waals surface area contributed by atoms with Crippen molar-refractivity contribution < 1.29 is 19.1 Å². The molecular weight excluding hydrogens is 326 g/mol. The minimum Gasteiger partial charge on any atom is -0.481 e. The standard InChI is InChI=1S/C18H15NO4S/c1-11(15(20)21)18(17(22)24,12-7-3-2-4-8-12)16-19-13-9-5-6-10-14(13)23-16/h2-11H,1H3,(H,20,21)(H,22,24). The fraction of sp³-hybridized carbons (Fsp3) is 0.167. The van der Waals surface area contributed by atoms with Crippen LogP contribution in [0.1, 0.15) is 18.4 Å². The first kappa shape index (κ1) is 16.3. The van der Waals surface area contributed by atoms with Gasteiger partial charge in [-0.15, -0.1) is 12.6 Å². The molecular formula is C18H15NO4S. The minimum atomic E-state index is -1.62. The van der Waals surface area contributed by atoms with E-state index in [2.05, 4.69) is 17.6 Å². The monoisotopic (exact) mass is 341 g/mol. The van der Waals surface area contributed by atoms with Crippen LogP contribution in [-0.4, -0.2) is 21.2 Å². The number of hydrogen-bond acceptors (Lipinski definition) is 4. The molecule has 0 radical (unpaired) electrons. The predicted molar refractivity (Wildman–Crippen MR) is 92.0 cm³/mol. The maximum Gasteiger partial charge on any atom is 0.308 e. The lowest BCUT2D eigenvalue weighted by Crippen LogP contribution is -2.44. The van der Waals surface area contributed by atoms with Crippen LogP contribution in [0.25, 0.3) is 11.1 Å². The average Bonchev–Trinajstić information content (AvgIpc) is 3.00. The Hall–Kier alpha value is -2.60. The molecule has 0 fully saturated rings. The smallest absolute Gasteiger partial charge is 0.308 e. The highest BCUT2D eigenvalue weighted by molar-refractivity contribution is 7.96. The van der Waals surface area contributed by atoms with Crippen molar-refractivity contribution in [2.24, 2.45) is 5.92 Å². The van der Waals surface area contributed by atoms with Crippen LogP contribution < -0.4 is 0 Å². The molecule has 1 heterocycles. The van der Waals surface area contributed by atoms with Gasteiger partial charge in [-0.05, 0) is 17.7 Å². The summed E-state index contributed by atoms with van der Waals surface area (Å²) in [5.74, 6) is -2.22. The van der Waals surface area contributed by atoms with Gasteiger partial charge in [0, 0.05) is 0 Å². The molecule has 0 aliphatic carbocycles. The molecule has 0 aliphatic rings. The number of carboxylic acids is 1. The van der Waals surface area contributed by atoms with E-state index < -0.39 is 22.4 Å². The Morgan fingerprint density at radius 2 is 1.75 bits per heavy atom. The second kappa shape index (κ2) is 6.13. The lowest BCUT2D eigenvalue weighted by molar-refractivity contribution is -0.145. The van der Waals surface area contributed by atoms with Crippen LogP contribution in [0.15, 0.2) is 59.0 Å². The van der Waals surface area contributed by atoms with Gasteiger partial charge in [0.15, 0.2) is 11.0 Å². The SMILES string of the molecule is CC(C(=O)O)C(C(=O)S)(c1ccccc1)c1nc2ccccc2o1. The number of oxazole rings is 1. The van der Waals surface area contributed by atoms with Crippen molar-refractivity contribution in [3.05, 3.63) is 66.1 Å². The Morgan fingerprint density at radius 1 is 1.12 bits per heavy atom. The number of carboxylic acid groups (broad SMARTS) is 1. The number of para-hydroxylation sites is 2. The van der Waals surface area contributed by atoms with Crippen LogP contribution >= 0.6 is 12.6 Å². The van der Waals surface area contributed by atoms with Gasteiger partial charge in [-0.1, -0.05) is 49.4 Å². The molecule has 122 valence electrons. The topological polar surface area (TPSA) is 80.4 Å². The van der Waals surface area contributed by atoms with Crippen LogP contribution in [0.3, 0.4) is 0 Å². The van der Waals surface area contributed by atoms with E-state index in [1.54, 1.807) is 54.6 Å². The fourth-order valence-electron chi connectivity index (χ4n) is 2.89. The molecule has 6 heteroatoms. The molecule has 2 aromatic carbocycles. The molecule has 0 spiro atoms. The molecule has 3 rings (SSSR count). The maximum absolute atomic E-state index is 12.6. The first-order chi connectivity index (χ1) is 11.5. The van der Waals surface area contributed by atoms with Crippen LogP contribution in [0, 0.1) is 5.92 Å². The number of thiol groups is 1. The van der Waals surface area contributed by atoms with Crippen molar-refractivity contribution in [1.82, 2.24) is 4.98 Å². The minimum absolute atomic E-state index is 0.0322. The highest BCUT2D eigenvalue weighted by Gasteiger charge is 2.52. The van der Waals surface area contributed by atoms with E-state index in [9.17, 15) is 14.7 Å². The van der Waals surface area contributed by atoms with Crippen molar-refractivity contribution in [3.8, 4) is 0 Å². The molecule has 0 saturated carbocycles. The molecule has 0 amide bonds. The van der Waals surface area contributed by atoms with E-state index in [0.717, 1.165) is 0 Å². The Balaban J connectivity index is 2.36. The number of nitrogens with zero attached hydrogens (tertiary/aromatic N) is 1. The maximum atomic E-state index is 12.6. The summed E-state index contributed by atoms with van der Waals surface area (Å²) in [7, 11) is 0. The van der Waals surface area contributed by atoms with Crippen molar-refractivity contribution in [2.75, 3.05) is 0 Å². The van der Waals surface area contributed by atoms with Crippen molar-refractivity contribution >= 4 is 34.8 Å². The number of hydrogen-bond donors (Lipinski definition) is 2. The molecule has 1 aromatic heterocycles. The zero-order valence-corrected chi connectivity index (χ0v) is 13.7. The third kappa shape index (κ3) is 2.39. The molecule has 0 bridgehead atoms. The summed E-state index contributed by atoms with van der Waals surface area (Å²) >= 11 is 4.01. The van der Waals surface area contributed by atoms with Gasteiger partial charge in [-0.2, -0.15) is 0 Å².